The van der Waals surface area contributed by atoms with Crippen molar-refractivity contribution < 1.29 is 36.2 Å². The molecule has 0 unspecified atom stereocenters. The van der Waals surface area contributed by atoms with Gasteiger partial charge in [-0.05, 0) is 42.8 Å². The Kier molecular flexibility index (Phi) is 6.57. The molecule has 5 rings (SSSR count). The van der Waals surface area contributed by atoms with Crippen LogP contribution in [0.1, 0.15) is 22.8 Å². The maximum Gasteiger partial charge on any atom is 0.416 e. The number of carboxylic acid groups (broad SMARTS) is 1. The number of alkyl halides is 3. The van der Waals surface area contributed by atoms with Gasteiger partial charge in [0.1, 0.15) is 5.82 Å². The number of nitrogens with one attached hydrogen (secondary N) is 1. The fourth-order valence-electron chi connectivity index (χ4n) is 4.58. The minimum Gasteiger partial charge on any atom is -0.478 e. The third kappa shape index (κ3) is 4.93. The van der Waals surface area contributed by atoms with E-state index in [0.717, 1.165) is 12.1 Å². The number of H-pyrrole nitrogens is 1. The number of benzene rings is 2. The Morgan fingerprint density at radius 1 is 1.10 bits per heavy atom. The van der Waals surface area contributed by atoms with Crippen LogP contribution in [0.25, 0.3) is 22.2 Å². The van der Waals surface area contributed by atoms with Crippen molar-refractivity contribution in [1.82, 2.24) is 15.0 Å². The molecule has 2 aromatic heterocycles. The highest BCUT2D eigenvalue weighted by Crippen LogP contribution is 2.38. The van der Waals surface area contributed by atoms with Gasteiger partial charge in [-0.2, -0.15) is 13.2 Å². The lowest BCUT2D eigenvalue weighted by Crippen LogP contribution is -2.52. The van der Waals surface area contributed by atoms with Crippen molar-refractivity contribution in [2.75, 3.05) is 29.4 Å². The van der Waals surface area contributed by atoms with Gasteiger partial charge < -0.3 is 19.9 Å². The summed E-state index contributed by atoms with van der Waals surface area (Å²) in [6.45, 7) is 2.91. The van der Waals surface area contributed by atoms with Crippen molar-refractivity contribution in [3.05, 3.63) is 70.1 Å². The molecular weight excluding hydrogens is 552 g/mol. The molecule has 14 heteroatoms. The molecule has 1 fully saturated rings. The quantitative estimate of drug-likeness (QED) is 0.227. The van der Waals surface area contributed by atoms with E-state index in [1.165, 1.54) is 12.3 Å². The molecule has 2 aromatic carbocycles. The number of aromatic nitrogens is 3. The molecule has 0 radical (unpaired) electrons. The summed E-state index contributed by atoms with van der Waals surface area (Å²) < 4.78 is 82.4. The molecule has 1 saturated heterocycles. The number of aromatic amines is 1. The molecule has 0 saturated carbocycles. The number of carbonyl (C=O) groups is 1. The second kappa shape index (κ2) is 9.63. The van der Waals surface area contributed by atoms with Crippen molar-refractivity contribution in [3.8, 4) is 11.1 Å². The molecule has 39 heavy (non-hydrogen) atoms. The number of anilines is 2. The summed E-state index contributed by atoms with van der Waals surface area (Å²) in [5, 5.41) is 9.28. The number of aromatic carboxylic acids is 1. The predicted molar refractivity (Wildman–Crippen MR) is 132 cm³/mol. The van der Waals surface area contributed by atoms with Gasteiger partial charge in [0.05, 0.1) is 27.2 Å². The topological polar surface area (TPSA) is 85.3 Å². The lowest BCUT2D eigenvalue weighted by atomic mass is 10.0. The number of hydrogen-bond donors (Lipinski definition) is 2. The molecular formula is C25H18ClF6N5O2. The fourth-order valence-corrected chi connectivity index (χ4v) is 4.87. The first kappa shape index (κ1) is 26.6. The number of piperazine rings is 1. The summed E-state index contributed by atoms with van der Waals surface area (Å²) in [7, 11) is 0. The van der Waals surface area contributed by atoms with E-state index in [9.17, 15) is 31.1 Å². The number of carboxylic acids is 1. The summed E-state index contributed by atoms with van der Waals surface area (Å²) in [6.07, 6.45) is -3.58. The standard InChI is InChI=1S/C25H18ClF6N5O2/c1-11-10-36(22-16(26)4-13(9-33-22)23(38)39)2-3-37(11)24-34-19-8-14(25(30,31)32)7-15(21(19)35-24)12-5-17(27)20(29)18(28)6-12/h4-9,11H,2-3,10H2,1H3,(H,34,35)(H,38,39)/t11-/m1/s1. The van der Waals surface area contributed by atoms with Gasteiger partial charge in [-0.3, -0.25) is 0 Å². The van der Waals surface area contributed by atoms with Crippen molar-refractivity contribution >= 4 is 40.4 Å². The number of rotatable bonds is 4. The zero-order valence-electron chi connectivity index (χ0n) is 20.0. The number of imidazole rings is 1. The van der Waals surface area contributed by atoms with Gasteiger partial charge in [-0.1, -0.05) is 11.6 Å². The Balaban J connectivity index is 1.51. The predicted octanol–water partition coefficient (Wildman–Crippen LogP) is 6.13. The molecule has 0 aliphatic carbocycles. The van der Waals surface area contributed by atoms with E-state index in [1.54, 1.807) is 4.90 Å². The van der Waals surface area contributed by atoms with E-state index >= 15 is 0 Å². The maximum atomic E-state index is 14.0. The van der Waals surface area contributed by atoms with Crippen molar-refractivity contribution in [2.45, 2.75) is 19.1 Å². The largest absolute Gasteiger partial charge is 0.478 e. The van der Waals surface area contributed by atoms with Crippen LogP contribution in [0.5, 0.6) is 0 Å². The van der Waals surface area contributed by atoms with E-state index in [1.807, 2.05) is 11.8 Å². The third-order valence-electron chi connectivity index (χ3n) is 6.47. The number of pyridine rings is 1. The highest BCUT2D eigenvalue weighted by Gasteiger charge is 2.33. The molecule has 0 bridgehead atoms. The normalized spacial score (nSPS) is 16.3. The van der Waals surface area contributed by atoms with Gasteiger partial charge in [-0.15, -0.1) is 0 Å². The Hall–Kier alpha value is -4.00. The molecule has 7 nitrogen and oxygen atoms in total. The highest BCUT2D eigenvalue weighted by atomic mass is 35.5. The van der Waals surface area contributed by atoms with E-state index in [2.05, 4.69) is 15.0 Å². The van der Waals surface area contributed by atoms with Gasteiger partial charge in [-0.25, -0.2) is 27.9 Å². The average molecular weight is 570 g/mol. The molecule has 0 spiro atoms. The lowest BCUT2D eigenvalue weighted by molar-refractivity contribution is -0.137. The fraction of sp³-hybridized carbons (Fsp3) is 0.240. The molecule has 204 valence electrons. The zero-order valence-corrected chi connectivity index (χ0v) is 20.7. The first-order chi connectivity index (χ1) is 18.3. The van der Waals surface area contributed by atoms with Crippen LogP contribution in [0, 0.1) is 17.5 Å². The summed E-state index contributed by atoms with van der Waals surface area (Å²) in [4.78, 5) is 26.3. The van der Waals surface area contributed by atoms with Gasteiger partial charge in [0.2, 0.25) is 5.95 Å². The van der Waals surface area contributed by atoms with Crippen molar-refractivity contribution in [3.63, 3.8) is 0 Å². The van der Waals surface area contributed by atoms with Crippen LogP contribution >= 0.6 is 11.6 Å². The molecule has 1 aliphatic heterocycles. The summed E-state index contributed by atoms with van der Waals surface area (Å²) >= 11 is 6.25. The van der Waals surface area contributed by atoms with Crippen LogP contribution in [0.15, 0.2) is 36.5 Å². The van der Waals surface area contributed by atoms with Crippen LogP contribution < -0.4 is 9.80 Å². The molecule has 3 heterocycles. The van der Waals surface area contributed by atoms with Gasteiger partial charge in [0.15, 0.2) is 17.5 Å². The van der Waals surface area contributed by atoms with E-state index in [0.29, 0.717) is 37.6 Å². The van der Waals surface area contributed by atoms with Crippen LogP contribution in [0.3, 0.4) is 0 Å². The minimum atomic E-state index is -4.78. The van der Waals surface area contributed by atoms with Crippen molar-refractivity contribution in [1.29, 1.82) is 0 Å². The monoisotopic (exact) mass is 569 g/mol. The van der Waals surface area contributed by atoms with Crippen LogP contribution in [0.2, 0.25) is 5.02 Å². The second-order valence-corrected chi connectivity index (χ2v) is 9.46. The Bertz CT molecular complexity index is 1590. The molecule has 2 N–H and O–H groups in total. The molecule has 0 amide bonds. The van der Waals surface area contributed by atoms with Crippen LogP contribution in [-0.2, 0) is 6.18 Å². The third-order valence-corrected chi connectivity index (χ3v) is 6.75. The summed E-state index contributed by atoms with van der Waals surface area (Å²) in [6, 6.07) is 3.84. The summed E-state index contributed by atoms with van der Waals surface area (Å²) in [5.41, 5.74) is -1.64. The smallest absolute Gasteiger partial charge is 0.416 e. The van der Waals surface area contributed by atoms with E-state index < -0.39 is 35.2 Å². The Morgan fingerprint density at radius 3 is 2.38 bits per heavy atom. The first-order valence-corrected chi connectivity index (χ1v) is 11.9. The average Bonchev–Trinajstić information content (AvgIpc) is 3.29. The second-order valence-electron chi connectivity index (χ2n) is 9.05. The van der Waals surface area contributed by atoms with E-state index in [4.69, 9.17) is 16.7 Å². The zero-order chi connectivity index (χ0) is 28.2. The van der Waals surface area contributed by atoms with E-state index in [-0.39, 0.29) is 44.7 Å². The van der Waals surface area contributed by atoms with Crippen LogP contribution in [0.4, 0.5) is 38.1 Å². The number of fused-ring (bicyclic) bond motifs is 1. The maximum absolute atomic E-state index is 14.0. The van der Waals surface area contributed by atoms with Crippen molar-refractivity contribution in [2.24, 2.45) is 0 Å². The highest BCUT2D eigenvalue weighted by molar-refractivity contribution is 6.33. The van der Waals surface area contributed by atoms with Gasteiger partial charge >= 0.3 is 12.1 Å². The summed E-state index contributed by atoms with van der Waals surface area (Å²) in [5.74, 6) is -5.37. The molecule has 1 aliphatic rings. The Morgan fingerprint density at radius 2 is 1.79 bits per heavy atom. The van der Waals surface area contributed by atoms with Crippen LogP contribution in [-0.4, -0.2) is 51.7 Å². The molecule has 4 aromatic rings. The first-order valence-electron chi connectivity index (χ1n) is 11.5. The number of halogens is 7. The lowest BCUT2D eigenvalue weighted by Gasteiger charge is -2.40. The minimum absolute atomic E-state index is 0.0624. The Labute approximate surface area is 221 Å². The SMILES string of the molecule is C[C@@H]1CN(c2ncc(C(=O)O)cc2Cl)CCN1c1nc2cc(C(F)(F)F)cc(-c3cc(F)c(F)c(F)c3)c2[nH]1. The van der Waals surface area contributed by atoms with Gasteiger partial charge in [0, 0.05) is 37.4 Å². The number of nitrogens with zero attached hydrogens (tertiary/aromatic N) is 4. The molecule has 1 atom stereocenters. The number of hydrogen-bond acceptors (Lipinski definition) is 5. The van der Waals surface area contributed by atoms with Gasteiger partial charge in [0.25, 0.3) is 0 Å².